The van der Waals surface area contributed by atoms with E-state index in [4.69, 9.17) is 4.74 Å². The summed E-state index contributed by atoms with van der Waals surface area (Å²) in [5, 5.41) is 19.4. The Morgan fingerprint density at radius 1 is 1.32 bits per heavy atom. The summed E-state index contributed by atoms with van der Waals surface area (Å²) >= 11 is 0. The molecule has 0 unspecified atom stereocenters. The topological polar surface area (TPSA) is 88.8 Å². The van der Waals surface area contributed by atoms with Crippen LogP contribution in [0.5, 0.6) is 5.88 Å². The number of hydrogen-bond acceptors (Lipinski definition) is 4. The largest absolute Gasteiger partial charge is 0.481 e. The first-order valence-electron chi connectivity index (χ1n) is 6.99. The summed E-state index contributed by atoms with van der Waals surface area (Å²) < 4.78 is 6.83. The molecule has 0 amide bonds. The third-order valence-corrected chi connectivity index (χ3v) is 3.76. The van der Waals surface area contributed by atoms with Crippen LogP contribution < -0.4 is 10.2 Å². The zero-order valence-corrected chi connectivity index (χ0v) is 12.7. The lowest BCUT2D eigenvalue weighted by molar-refractivity contribution is 0.0688. The Morgan fingerprint density at radius 2 is 1.95 bits per heavy atom. The van der Waals surface area contributed by atoms with Crippen LogP contribution in [-0.4, -0.2) is 34.5 Å². The molecule has 1 heterocycles. The summed E-state index contributed by atoms with van der Waals surface area (Å²) in [7, 11) is 1.32. The summed E-state index contributed by atoms with van der Waals surface area (Å²) in [5.74, 6) is -1.36. The van der Waals surface area contributed by atoms with E-state index in [1.807, 2.05) is 13.8 Å². The molecule has 0 spiro atoms. The molecule has 0 fully saturated rings. The molecule has 0 bridgehead atoms. The van der Waals surface area contributed by atoms with Crippen LogP contribution in [0.1, 0.15) is 30.2 Å². The maximum Gasteiger partial charge on any atom is 0.345 e. The van der Waals surface area contributed by atoms with Crippen molar-refractivity contribution >= 4 is 16.9 Å². The number of carboxylic acid groups (broad SMARTS) is 1. The van der Waals surface area contributed by atoms with Gasteiger partial charge in [-0.25, -0.2) is 4.79 Å². The Morgan fingerprint density at radius 3 is 2.45 bits per heavy atom. The fraction of sp³-hybridized carbons (Fsp3) is 0.375. The summed E-state index contributed by atoms with van der Waals surface area (Å²) in [6.45, 7) is 3.63. The summed E-state index contributed by atoms with van der Waals surface area (Å²) in [4.78, 5) is 24.0. The van der Waals surface area contributed by atoms with E-state index in [0.29, 0.717) is 10.9 Å². The van der Waals surface area contributed by atoms with E-state index in [0.717, 1.165) is 0 Å². The Kier molecular flexibility index (Phi) is 4.51. The summed E-state index contributed by atoms with van der Waals surface area (Å²) in [5.41, 5.74) is -0.459. The molecule has 2 rings (SSSR count). The number of nitrogens with zero attached hydrogens (tertiary/aromatic N) is 1. The minimum Gasteiger partial charge on any atom is -0.481 e. The number of aliphatic hydroxyl groups is 1. The first-order valence-corrected chi connectivity index (χ1v) is 6.99. The van der Waals surface area contributed by atoms with Crippen molar-refractivity contribution in [2.45, 2.75) is 19.9 Å². The number of aliphatic hydroxyl groups excluding tert-OH is 1. The molecule has 0 saturated carbocycles. The normalized spacial score (nSPS) is 12.6. The van der Waals surface area contributed by atoms with Crippen LogP contribution >= 0.6 is 0 Å². The van der Waals surface area contributed by atoms with E-state index < -0.39 is 23.0 Å². The number of carbonyl (C=O) groups is 1. The molecule has 6 nitrogen and oxygen atoms in total. The van der Waals surface area contributed by atoms with Crippen LogP contribution in [-0.2, 0) is 0 Å². The van der Waals surface area contributed by atoms with Crippen LogP contribution in [0.4, 0.5) is 0 Å². The van der Waals surface area contributed by atoms with Gasteiger partial charge in [-0.3, -0.25) is 4.79 Å². The highest BCUT2D eigenvalue weighted by Gasteiger charge is 2.27. The molecule has 6 heteroatoms. The number of pyridine rings is 1. The Balaban J connectivity index is 3.02. The number of ether oxygens (including phenoxy) is 1. The molecule has 2 N–H and O–H groups in total. The van der Waals surface area contributed by atoms with Crippen molar-refractivity contribution in [2.24, 2.45) is 5.92 Å². The van der Waals surface area contributed by atoms with Crippen molar-refractivity contribution < 1.29 is 19.7 Å². The summed E-state index contributed by atoms with van der Waals surface area (Å²) in [6, 6.07) is 6.33. The predicted molar refractivity (Wildman–Crippen MR) is 82.7 cm³/mol. The highest BCUT2D eigenvalue weighted by Crippen LogP contribution is 2.30. The van der Waals surface area contributed by atoms with Gasteiger partial charge in [-0.15, -0.1) is 0 Å². The van der Waals surface area contributed by atoms with Crippen molar-refractivity contribution in [1.82, 2.24) is 4.57 Å². The molecule has 118 valence electrons. The lowest BCUT2D eigenvalue weighted by Crippen LogP contribution is -2.27. The average Bonchev–Trinajstić information content (AvgIpc) is 2.49. The Labute approximate surface area is 127 Å². The molecule has 1 aromatic carbocycles. The van der Waals surface area contributed by atoms with Gasteiger partial charge in [0.25, 0.3) is 0 Å². The SMILES string of the molecule is COc1c(C(=O)O)c(=O)c2ccccc2n1[C@H](CO)C(C)C. The molecule has 0 radical (unpaired) electrons. The number of aromatic nitrogens is 1. The van der Waals surface area contributed by atoms with Crippen molar-refractivity contribution in [3.05, 3.63) is 40.1 Å². The van der Waals surface area contributed by atoms with E-state index in [2.05, 4.69) is 0 Å². The van der Waals surface area contributed by atoms with Gasteiger partial charge in [-0.1, -0.05) is 26.0 Å². The highest BCUT2D eigenvalue weighted by molar-refractivity contribution is 5.95. The third-order valence-electron chi connectivity index (χ3n) is 3.76. The van der Waals surface area contributed by atoms with E-state index >= 15 is 0 Å². The van der Waals surface area contributed by atoms with Gasteiger partial charge in [0.2, 0.25) is 11.3 Å². The van der Waals surface area contributed by atoms with Gasteiger partial charge in [0, 0.05) is 5.39 Å². The molecule has 0 aliphatic carbocycles. The van der Waals surface area contributed by atoms with Crippen LogP contribution in [0.15, 0.2) is 29.1 Å². The second kappa shape index (κ2) is 6.19. The number of aromatic carboxylic acids is 1. The second-order valence-corrected chi connectivity index (χ2v) is 5.40. The Hall–Kier alpha value is -2.34. The number of rotatable bonds is 5. The lowest BCUT2D eigenvalue weighted by Gasteiger charge is -2.27. The second-order valence-electron chi connectivity index (χ2n) is 5.40. The van der Waals surface area contributed by atoms with Gasteiger partial charge < -0.3 is 19.5 Å². The minimum absolute atomic E-state index is 0.0199. The predicted octanol–water partition coefficient (Wildman–Crippen LogP) is 1.90. The highest BCUT2D eigenvalue weighted by atomic mass is 16.5. The standard InChI is InChI=1S/C16H19NO5/c1-9(2)12(8-18)17-11-7-5-4-6-10(11)14(19)13(16(20)21)15(17)22-3/h4-7,9,12,18H,8H2,1-3H3,(H,20,21)/t12-/m1/s1. The van der Waals surface area contributed by atoms with Crippen LogP contribution in [0.25, 0.3) is 10.9 Å². The van der Waals surface area contributed by atoms with E-state index in [9.17, 15) is 19.8 Å². The zero-order valence-electron chi connectivity index (χ0n) is 12.7. The number of carboxylic acids is 1. The van der Waals surface area contributed by atoms with Crippen LogP contribution in [0.3, 0.4) is 0 Å². The van der Waals surface area contributed by atoms with Gasteiger partial charge in [0.05, 0.1) is 25.3 Å². The van der Waals surface area contributed by atoms with Gasteiger partial charge in [-0.2, -0.15) is 0 Å². The number of methoxy groups -OCH3 is 1. The molecule has 1 aromatic heterocycles. The molecule has 0 aliphatic heterocycles. The van der Waals surface area contributed by atoms with Gasteiger partial charge in [-0.05, 0) is 18.1 Å². The van der Waals surface area contributed by atoms with Crippen LogP contribution in [0, 0.1) is 5.92 Å². The van der Waals surface area contributed by atoms with Crippen molar-refractivity contribution in [3.63, 3.8) is 0 Å². The summed E-state index contributed by atoms with van der Waals surface area (Å²) in [6.07, 6.45) is 0. The number of hydrogen-bond donors (Lipinski definition) is 2. The molecular weight excluding hydrogens is 286 g/mol. The lowest BCUT2D eigenvalue weighted by atomic mass is 10.0. The fourth-order valence-corrected chi connectivity index (χ4v) is 2.65. The zero-order chi connectivity index (χ0) is 16.4. The first-order chi connectivity index (χ1) is 10.4. The van der Waals surface area contributed by atoms with Crippen molar-refractivity contribution in [1.29, 1.82) is 0 Å². The number of para-hydroxylation sites is 1. The van der Waals surface area contributed by atoms with E-state index in [-0.39, 0.29) is 18.4 Å². The molecule has 0 saturated heterocycles. The van der Waals surface area contributed by atoms with Gasteiger partial charge in [0.1, 0.15) is 0 Å². The molecule has 0 aliphatic rings. The Bertz CT molecular complexity index is 763. The first kappa shape index (κ1) is 16.0. The molecule has 2 aromatic rings. The maximum atomic E-state index is 12.4. The third kappa shape index (κ3) is 2.46. The van der Waals surface area contributed by atoms with E-state index in [1.165, 1.54) is 7.11 Å². The maximum absolute atomic E-state index is 12.4. The van der Waals surface area contributed by atoms with Crippen molar-refractivity contribution in [2.75, 3.05) is 13.7 Å². The number of benzene rings is 1. The van der Waals surface area contributed by atoms with Crippen molar-refractivity contribution in [3.8, 4) is 5.88 Å². The molecule has 22 heavy (non-hydrogen) atoms. The molecule has 1 atom stereocenters. The van der Waals surface area contributed by atoms with Gasteiger partial charge in [0.15, 0.2) is 5.56 Å². The number of fused-ring (bicyclic) bond motifs is 1. The minimum atomic E-state index is -1.35. The monoisotopic (exact) mass is 305 g/mol. The smallest absolute Gasteiger partial charge is 0.345 e. The van der Waals surface area contributed by atoms with Crippen LogP contribution in [0.2, 0.25) is 0 Å². The average molecular weight is 305 g/mol. The molecular formula is C16H19NO5. The fourth-order valence-electron chi connectivity index (χ4n) is 2.65. The van der Waals surface area contributed by atoms with E-state index in [1.54, 1.807) is 28.8 Å². The quantitative estimate of drug-likeness (QED) is 0.880. The van der Waals surface area contributed by atoms with Gasteiger partial charge >= 0.3 is 5.97 Å².